The summed E-state index contributed by atoms with van der Waals surface area (Å²) >= 11 is 0. The molecule has 2 aromatic heterocycles. The van der Waals surface area contributed by atoms with E-state index in [-0.39, 0.29) is 107 Å². The van der Waals surface area contributed by atoms with Gasteiger partial charge in [-0.05, 0) is 86.1 Å². The summed E-state index contributed by atoms with van der Waals surface area (Å²) in [7, 11) is 0. The van der Waals surface area contributed by atoms with Crippen LogP contribution in [0.5, 0.6) is 5.75 Å². The van der Waals surface area contributed by atoms with Gasteiger partial charge in [0.05, 0.1) is 19.5 Å². The summed E-state index contributed by atoms with van der Waals surface area (Å²) < 4.78 is 0. The fourth-order valence-corrected chi connectivity index (χ4v) is 11.8. The number of aromatic hydroxyl groups is 1. The number of aromatic amines is 2. The third-order valence-corrected chi connectivity index (χ3v) is 16.6. The number of hydrogen-bond acceptors (Lipinski definition) is 16. The average Bonchev–Trinajstić information content (AvgIpc) is 1.72. The Balaban J connectivity index is 0.00000354. The van der Waals surface area contributed by atoms with Crippen molar-refractivity contribution in [2.45, 2.75) is 178 Å². The Morgan fingerprint density at radius 1 is 0.688 bits per heavy atom. The standard InChI is InChI=1S/C62H87N17O13.C2H4O2/c1-34(2)24-44(54(85)72-43(14-8-22-67-62(64)65)61(92)79-23-9-15-50(79)60(91)69-31-51(63)82)73-55(86)45(25-35-10-4-3-5-11-35)74-56(87)46(26-36-16-18-39(81)19-17-36)75-59(90)49(32-80)78-57(88)47(27-37-29-68-41-13-7-6-12-40(37)41)76-58(89)48(28-38-30-66-33-70-38)77-53(84)42-20-21-52(83)71-42;1-2(3)4/h6-7,12-13,16-19,29-30,33-35,42-50,68,80-81H,3-5,8-11,14-15,20-28,31-32H2,1-2H3,(H2,63,82)(H,66,70)(H,69,91)(H,71,83)(H,72,85)(H,73,86)(H,74,87)(H,75,90)(H,76,89)(H,77,84)(H,78,88)(H4,64,65,67);1H3,(H,3,4)/t42-,43-,44-,45+,46-,47-,48-,49-,50-;/m0./s1. The highest BCUT2D eigenvalue weighted by Crippen LogP contribution is 2.28. The predicted octanol–water partition coefficient (Wildman–Crippen LogP) is -1.96. The molecule has 522 valence electrons. The molecule has 4 aromatic rings. The molecule has 3 fully saturated rings. The average molecular weight is 1340 g/mol. The van der Waals surface area contributed by atoms with Crippen LogP contribution in [0, 0.1) is 11.8 Å². The van der Waals surface area contributed by atoms with E-state index >= 15 is 0 Å². The van der Waals surface area contributed by atoms with E-state index in [2.05, 4.69) is 67.8 Å². The molecule has 3 aliphatic rings. The third kappa shape index (κ3) is 23.7. The molecular formula is C64H91N17O15. The van der Waals surface area contributed by atoms with Gasteiger partial charge in [0.15, 0.2) is 5.96 Å². The molecule has 0 bridgehead atoms. The topological polar surface area (TPSA) is 512 Å². The number of aromatic nitrogens is 3. The predicted molar refractivity (Wildman–Crippen MR) is 349 cm³/mol. The van der Waals surface area contributed by atoms with Crippen LogP contribution in [0.15, 0.2) is 72.2 Å². The summed E-state index contributed by atoms with van der Waals surface area (Å²) in [4.78, 5) is 177. The van der Waals surface area contributed by atoms with E-state index in [0.29, 0.717) is 34.1 Å². The number of aliphatic imine (C=N–C) groups is 1. The van der Waals surface area contributed by atoms with E-state index < -0.39 is 133 Å². The minimum absolute atomic E-state index is 0.0198. The summed E-state index contributed by atoms with van der Waals surface area (Å²) in [6, 6.07) is 1.21. The molecule has 20 N–H and O–H groups in total. The second-order valence-corrected chi connectivity index (χ2v) is 24.7. The van der Waals surface area contributed by atoms with Crippen molar-refractivity contribution in [2.75, 3.05) is 26.2 Å². The summed E-state index contributed by atoms with van der Waals surface area (Å²) in [5.74, 6) is -9.47. The smallest absolute Gasteiger partial charge is 0.300 e. The fourth-order valence-electron chi connectivity index (χ4n) is 11.8. The molecule has 2 saturated heterocycles. The molecule has 1 saturated carbocycles. The highest BCUT2D eigenvalue weighted by atomic mass is 16.4. The van der Waals surface area contributed by atoms with Gasteiger partial charge in [-0.25, -0.2) is 4.98 Å². The minimum atomic E-state index is -1.76. The summed E-state index contributed by atoms with van der Waals surface area (Å²) in [6.07, 6.45) is 9.57. The van der Waals surface area contributed by atoms with Crippen LogP contribution in [0.4, 0.5) is 0 Å². The van der Waals surface area contributed by atoms with E-state index in [4.69, 9.17) is 27.1 Å². The Labute approximate surface area is 554 Å². The summed E-state index contributed by atoms with van der Waals surface area (Å²) in [5, 5.41) is 53.3. The number of carbonyl (C=O) groups is 12. The molecule has 0 unspecified atom stereocenters. The number of aliphatic hydroxyl groups excluding tert-OH is 1. The first-order valence-corrected chi connectivity index (χ1v) is 32.2. The number of rotatable bonds is 33. The van der Waals surface area contributed by atoms with Crippen molar-refractivity contribution in [3.8, 4) is 5.75 Å². The van der Waals surface area contributed by atoms with Crippen LogP contribution in [-0.4, -0.2) is 193 Å². The minimum Gasteiger partial charge on any atom is -0.508 e. The van der Waals surface area contributed by atoms with Gasteiger partial charge in [0, 0.05) is 74.7 Å². The summed E-state index contributed by atoms with van der Waals surface area (Å²) in [5.41, 5.74) is 18.6. The zero-order valence-electron chi connectivity index (χ0n) is 54.2. The van der Waals surface area contributed by atoms with E-state index in [1.165, 1.54) is 41.7 Å². The van der Waals surface area contributed by atoms with Gasteiger partial charge in [-0.3, -0.25) is 62.5 Å². The fraction of sp³-hybridized carbons (Fsp3) is 0.531. The van der Waals surface area contributed by atoms with Crippen LogP contribution < -0.4 is 65.1 Å². The summed E-state index contributed by atoms with van der Waals surface area (Å²) in [6.45, 7) is 3.54. The molecule has 2 aliphatic heterocycles. The molecule has 2 aromatic carbocycles. The normalized spacial score (nSPS) is 17.5. The first kappa shape index (κ1) is 74.9. The number of para-hydroxylation sites is 1. The number of hydrogen-bond donors (Lipinski definition) is 17. The lowest BCUT2D eigenvalue weighted by atomic mass is 9.84. The van der Waals surface area contributed by atoms with Crippen LogP contribution in [0.3, 0.4) is 0 Å². The Morgan fingerprint density at radius 2 is 1.28 bits per heavy atom. The number of benzene rings is 2. The van der Waals surface area contributed by atoms with Gasteiger partial charge >= 0.3 is 0 Å². The number of amides is 11. The van der Waals surface area contributed by atoms with E-state index in [1.807, 2.05) is 19.9 Å². The first-order chi connectivity index (χ1) is 45.8. The number of nitrogens with one attached hydrogen (secondary N) is 11. The Hall–Kier alpha value is -10.1. The monoisotopic (exact) mass is 1340 g/mol. The van der Waals surface area contributed by atoms with Crippen molar-refractivity contribution < 1.29 is 72.9 Å². The van der Waals surface area contributed by atoms with Crippen LogP contribution in [-0.2, 0) is 76.8 Å². The largest absolute Gasteiger partial charge is 0.508 e. The highest BCUT2D eigenvalue weighted by molar-refractivity contribution is 6.00. The second-order valence-electron chi connectivity index (χ2n) is 24.7. The number of nitrogens with zero attached hydrogens (tertiary/aromatic N) is 3. The van der Waals surface area contributed by atoms with Crippen LogP contribution in [0.2, 0.25) is 0 Å². The molecular weight excluding hydrogens is 1250 g/mol. The number of guanidine groups is 1. The van der Waals surface area contributed by atoms with Gasteiger partial charge < -0.3 is 95.2 Å². The number of nitrogens with two attached hydrogens (primary N) is 3. The van der Waals surface area contributed by atoms with Gasteiger partial charge in [-0.1, -0.05) is 76.3 Å². The van der Waals surface area contributed by atoms with Crippen molar-refractivity contribution in [1.82, 2.24) is 67.7 Å². The molecule has 9 atom stereocenters. The van der Waals surface area contributed by atoms with Crippen molar-refractivity contribution >= 4 is 87.8 Å². The first-order valence-electron chi connectivity index (χ1n) is 32.2. The number of phenols is 1. The number of fused-ring (bicyclic) bond motifs is 1. The zero-order valence-corrected chi connectivity index (χ0v) is 54.2. The molecule has 1 aliphatic carbocycles. The molecule has 96 heavy (non-hydrogen) atoms. The lowest BCUT2D eigenvalue weighted by molar-refractivity contribution is -0.142. The Kier molecular flexibility index (Phi) is 28.9. The molecule has 0 radical (unpaired) electrons. The number of imidazole rings is 1. The van der Waals surface area contributed by atoms with Crippen LogP contribution in [0.1, 0.15) is 121 Å². The van der Waals surface area contributed by atoms with Crippen LogP contribution >= 0.6 is 0 Å². The number of likely N-dealkylation sites (tertiary alicyclic amines) is 1. The van der Waals surface area contributed by atoms with Crippen LogP contribution in [0.25, 0.3) is 10.9 Å². The number of carboxylic acids is 1. The maximum atomic E-state index is 15.0. The number of carbonyl (C=O) groups excluding carboxylic acids is 11. The zero-order chi connectivity index (χ0) is 70.0. The molecule has 11 amide bonds. The quantitative estimate of drug-likeness (QED) is 0.0140. The van der Waals surface area contributed by atoms with Crippen molar-refractivity contribution in [1.29, 1.82) is 0 Å². The van der Waals surface area contributed by atoms with Gasteiger partial charge in [0.2, 0.25) is 65.0 Å². The number of H-pyrrole nitrogens is 2. The second kappa shape index (κ2) is 37.1. The third-order valence-electron chi connectivity index (χ3n) is 16.6. The van der Waals surface area contributed by atoms with Crippen molar-refractivity contribution in [3.05, 3.63) is 84.1 Å². The number of carboxylic acid groups (broad SMARTS) is 1. The number of primary amides is 1. The molecule has 32 heteroatoms. The van der Waals surface area contributed by atoms with Gasteiger partial charge in [0.25, 0.3) is 5.97 Å². The van der Waals surface area contributed by atoms with Gasteiger partial charge in [-0.15, -0.1) is 0 Å². The van der Waals surface area contributed by atoms with E-state index in [9.17, 15) is 63.0 Å². The molecule has 32 nitrogen and oxygen atoms in total. The lowest BCUT2D eigenvalue weighted by Crippen LogP contribution is -2.61. The van der Waals surface area contributed by atoms with Gasteiger partial charge in [0.1, 0.15) is 60.1 Å². The maximum absolute atomic E-state index is 15.0. The number of aliphatic carboxylic acids is 1. The Bertz CT molecular complexity index is 3360. The van der Waals surface area contributed by atoms with Crippen molar-refractivity contribution in [2.24, 2.45) is 34.0 Å². The number of phenolic OH excluding ortho intramolecular Hbond substituents is 1. The number of aliphatic hydroxyl groups is 1. The highest BCUT2D eigenvalue weighted by Gasteiger charge is 2.40. The molecule has 0 spiro atoms. The maximum Gasteiger partial charge on any atom is 0.300 e. The van der Waals surface area contributed by atoms with E-state index in [1.54, 1.807) is 24.4 Å². The molecule has 7 rings (SSSR count). The molecule has 4 heterocycles. The van der Waals surface area contributed by atoms with Gasteiger partial charge in [-0.2, -0.15) is 0 Å². The Morgan fingerprint density at radius 3 is 1.90 bits per heavy atom. The lowest BCUT2D eigenvalue weighted by Gasteiger charge is -2.31. The SMILES string of the molecule is CC(=O)O.CC(C)C[C@H](NC(=O)[C@@H](CC1CCCCC1)NC(=O)[C@H](Cc1ccc(O)cc1)NC(=O)[C@H](CO)NC(=O)[C@H](Cc1c[nH]c2ccccc12)NC(=O)[C@H](Cc1cnc[nH]1)NC(=O)[C@@H]1CCC(=O)N1)C(=O)N[C@@H](CCCN=C(N)N)C(=O)N1CCC[C@H]1C(=O)NCC(N)=O. The van der Waals surface area contributed by atoms with Crippen molar-refractivity contribution in [3.63, 3.8) is 0 Å². The van der Waals surface area contributed by atoms with E-state index in [0.717, 1.165) is 39.0 Å².